The van der Waals surface area contributed by atoms with Crippen LogP contribution in [0.1, 0.15) is 29.1 Å². The van der Waals surface area contributed by atoms with Crippen LogP contribution in [-0.4, -0.2) is 29.9 Å². The summed E-state index contributed by atoms with van der Waals surface area (Å²) >= 11 is 0. The van der Waals surface area contributed by atoms with Crippen molar-refractivity contribution in [3.8, 4) is 5.75 Å². The van der Waals surface area contributed by atoms with Crippen molar-refractivity contribution in [2.75, 3.05) is 17.3 Å². The van der Waals surface area contributed by atoms with E-state index in [4.69, 9.17) is 9.15 Å². The first-order chi connectivity index (χ1) is 10.9. The first-order valence-corrected chi connectivity index (χ1v) is 7.20. The zero-order chi connectivity index (χ0) is 16.7. The van der Waals surface area contributed by atoms with Crippen LogP contribution in [0.15, 0.2) is 22.6 Å². The maximum Gasteiger partial charge on any atom is 0.293 e. The molecule has 2 amide bonds. The van der Waals surface area contributed by atoms with Gasteiger partial charge in [0, 0.05) is 19.7 Å². The number of amides is 2. The molecule has 23 heavy (non-hydrogen) atoms. The van der Waals surface area contributed by atoms with Crippen LogP contribution < -0.4 is 15.0 Å². The number of ether oxygens (including phenoxy) is 1. The van der Waals surface area contributed by atoms with Gasteiger partial charge < -0.3 is 19.4 Å². The van der Waals surface area contributed by atoms with E-state index in [9.17, 15) is 9.59 Å². The smallest absolute Gasteiger partial charge is 0.293 e. The normalized spacial score (nSPS) is 16.8. The molecule has 1 aromatic carbocycles. The number of fused-ring (bicyclic) bond motifs is 1. The van der Waals surface area contributed by atoms with Crippen LogP contribution in [0.3, 0.4) is 0 Å². The van der Waals surface area contributed by atoms with Crippen molar-refractivity contribution >= 4 is 23.2 Å². The van der Waals surface area contributed by atoms with Gasteiger partial charge in [-0.1, -0.05) is 0 Å². The molecule has 2 heterocycles. The van der Waals surface area contributed by atoms with Crippen LogP contribution in [-0.2, 0) is 4.79 Å². The largest absolute Gasteiger partial charge is 0.479 e. The summed E-state index contributed by atoms with van der Waals surface area (Å²) < 4.78 is 10.8. The van der Waals surface area contributed by atoms with Crippen molar-refractivity contribution in [3.05, 3.63) is 35.5 Å². The summed E-state index contributed by atoms with van der Waals surface area (Å²) in [5.41, 5.74) is 1.68. The number of carbonyl (C=O) groups excluding carboxylic acids is 2. The lowest BCUT2D eigenvalue weighted by Crippen LogP contribution is -2.41. The molecule has 1 aliphatic rings. The minimum atomic E-state index is -0.521. The van der Waals surface area contributed by atoms with Gasteiger partial charge in [0.15, 0.2) is 12.0 Å². The van der Waals surface area contributed by atoms with Crippen molar-refractivity contribution in [1.29, 1.82) is 0 Å². The standard InChI is InChI=1S/C16H17N3O4/c1-8-14(23-10(3)17-8)15(20)18-11-5-6-13-12(7-11)19(4)16(21)9(2)22-13/h5-7,9H,1-4H3,(H,18,20). The number of aryl methyl sites for hydroxylation is 2. The maximum absolute atomic E-state index is 12.3. The van der Waals surface area contributed by atoms with Gasteiger partial charge in [-0.3, -0.25) is 9.59 Å². The number of oxazole rings is 1. The second-order valence-corrected chi connectivity index (χ2v) is 5.44. The molecule has 7 heteroatoms. The topological polar surface area (TPSA) is 84.7 Å². The Labute approximate surface area is 133 Å². The Bertz CT molecular complexity index is 797. The van der Waals surface area contributed by atoms with Gasteiger partial charge in [-0.15, -0.1) is 0 Å². The zero-order valence-electron chi connectivity index (χ0n) is 13.3. The summed E-state index contributed by atoms with van der Waals surface area (Å²) in [7, 11) is 1.68. The third kappa shape index (κ3) is 2.65. The number of benzene rings is 1. The molecule has 1 unspecified atom stereocenters. The average molecular weight is 315 g/mol. The predicted octanol–water partition coefficient (Wildman–Crippen LogP) is 2.29. The van der Waals surface area contributed by atoms with E-state index in [1.165, 1.54) is 4.90 Å². The van der Waals surface area contributed by atoms with Crippen molar-refractivity contribution in [2.45, 2.75) is 26.9 Å². The molecule has 0 aliphatic carbocycles. The third-order valence-electron chi connectivity index (χ3n) is 3.67. The van der Waals surface area contributed by atoms with Crippen molar-refractivity contribution in [2.24, 2.45) is 0 Å². The molecule has 0 saturated carbocycles. The lowest BCUT2D eigenvalue weighted by molar-refractivity contribution is -0.125. The monoisotopic (exact) mass is 315 g/mol. The lowest BCUT2D eigenvalue weighted by atomic mass is 10.2. The number of likely N-dealkylation sites (N-methyl/N-ethyl adjacent to an activating group) is 1. The molecule has 1 N–H and O–H groups in total. The van der Waals surface area contributed by atoms with E-state index in [0.29, 0.717) is 28.7 Å². The first kappa shape index (κ1) is 15.1. The SMILES string of the molecule is Cc1nc(C)c(C(=O)Nc2ccc3c(c2)N(C)C(=O)C(C)O3)o1. The molecular formula is C16H17N3O4. The Balaban J connectivity index is 1.87. The zero-order valence-corrected chi connectivity index (χ0v) is 13.3. The molecule has 1 aliphatic heterocycles. The fourth-order valence-electron chi connectivity index (χ4n) is 2.52. The number of anilines is 2. The Morgan fingerprint density at radius 2 is 2.09 bits per heavy atom. The van der Waals surface area contributed by atoms with Gasteiger partial charge >= 0.3 is 0 Å². The quantitative estimate of drug-likeness (QED) is 0.919. The number of aromatic nitrogens is 1. The van der Waals surface area contributed by atoms with E-state index in [2.05, 4.69) is 10.3 Å². The van der Waals surface area contributed by atoms with E-state index in [-0.39, 0.29) is 17.6 Å². The number of carbonyl (C=O) groups is 2. The fourth-order valence-corrected chi connectivity index (χ4v) is 2.52. The van der Waals surface area contributed by atoms with Crippen LogP contribution in [0.25, 0.3) is 0 Å². The number of hydrogen-bond acceptors (Lipinski definition) is 5. The highest BCUT2D eigenvalue weighted by Gasteiger charge is 2.29. The maximum atomic E-state index is 12.3. The molecule has 3 rings (SSSR count). The van der Waals surface area contributed by atoms with E-state index in [1.807, 2.05) is 0 Å². The van der Waals surface area contributed by atoms with Crippen LogP contribution in [0.2, 0.25) is 0 Å². The minimum Gasteiger partial charge on any atom is -0.479 e. The van der Waals surface area contributed by atoms with Crippen LogP contribution >= 0.6 is 0 Å². The van der Waals surface area contributed by atoms with Crippen LogP contribution in [0.4, 0.5) is 11.4 Å². The molecule has 1 atom stereocenters. The number of hydrogen-bond donors (Lipinski definition) is 1. The average Bonchev–Trinajstić information content (AvgIpc) is 2.84. The predicted molar refractivity (Wildman–Crippen MR) is 83.9 cm³/mol. The van der Waals surface area contributed by atoms with Crippen LogP contribution in [0, 0.1) is 13.8 Å². The highest BCUT2D eigenvalue weighted by molar-refractivity contribution is 6.04. The molecule has 0 fully saturated rings. The summed E-state index contributed by atoms with van der Waals surface area (Å²) in [6.07, 6.45) is -0.521. The van der Waals surface area contributed by atoms with E-state index in [0.717, 1.165) is 0 Å². The third-order valence-corrected chi connectivity index (χ3v) is 3.67. The number of nitrogens with zero attached hydrogens (tertiary/aromatic N) is 2. The molecule has 0 bridgehead atoms. The van der Waals surface area contributed by atoms with Crippen molar-refractivity contribution in [3.63, 3.8) is 0 Å². The lowest BCUT2D eigenvalue weighted by Gasteiger charge is -2.30. The second-order valence-electron chi connectivity index (χ2n) is 5.44. The summed E-state index contributed by atoms with van der Waals surface area (Å²) in [6.45, 7) is 5.09. The van der Waals surface area contributed by atoms with Gasteiger partial charge in [-0.2, -0.15) is 0 Å². The molecule has 120 valence electrons. The van der Waals surface area contributed by atoms with E-state index in [1.54, 1.807) is 46.0 Å². The van der Waals surface area contributed by atoms with Crippen molar-refractivity contribution < 1.29 is 18.7 Å². The first-order valence-electron chi connectivity index (χ1n) is 7.20. The molecule has 7 nitrogen and oxygen atoms in total. The summed E-state index contributed by atoms with van der Waals surface area (Å²) in [5, 5.41) is 2.74. The van der Waals surface area contributed by atoms with Crippen molar-refractivity contribution in [1.82, 2.24) is 4.98 Å². The second kappa shape index (κ2) is 5.42. The number of rotatable bonds is 2. The molecule has 0 saturated heterocycles. The Kier molecular flexibility index (Phi) is 3.55. The Morgan fingerprint density at radius 3 is 2.74 bits per heavy atom. The van der Waals surface area contributed by atoms with Gasteiger partial charge in [0.2, 0.25) is 5.76 Å². The summed E-state index contributed by atoms with van der Waals surface area (Å²) in [5.74, 6) is 0.689. The molecule has 0 spiro atoms. The molecule has 0 radical (unpaired) electrons. The van der Waals surface area contributed by atoms with Gasteiger partial charge in [0.25, 0.3) is 11.8 Å². The summed E-state index contributed by atoms with van der Waals surface area (Å²) in [4.78, 5) is 29.8. The highest BCUT2D eigenvalue weighted by atomic mass is 16.5. The van der Waals surface area contributed by atoms with Crippen LogP contribution in [0.5, 0.6) is 5.75 Å². The van der Waals surface area contributed by atoms with E-state index >= 15 is 0 Å². The molecular weight excluding hydrogens is 298 g/mol. The molecule has 1 aromatic heterocycles. The van der Waals surface area contributed by atoms with Gasteiger partial charge in [-0.25, -0.2) is 4.98 Å². The number of nitrogens with one attached hydrogen (secondary N) is 1. The summed E-state index contributed by atoms with van der Waals surface area (Å²) in [6, 6.07) is 5.13. The highest BCUT2D eigenvalue weighted by Crippen LogP contribution is 2.35. The van der Waals surface area contributed by atoms with Gasteiger partial charge in [0.1, 0.15) is 5.75 Å². The molecule has 2 aromatic rings. The minimum absolute atomic E-state index is 0.136. The Hall–Kier alpha value is -2.83. The van der Waals surface area contributed by atoms with Gasteiger partial charge in [0.05, 0.1) is 11.4 Å². The Morgan fingerprint density at radius 1 is 1.35 bits per heavy atom. The van der Waals surface area contributed by atoms with Gasteiger partial charge in [-0.05, 0) is 32.0 Å². The van der Waals surface area contributed by atoms with E-state index < -0.39 is 6.10 Å². The fraction of sp³-hybridized carbons (Fsp3) is 0.312.